The SMILES string of the molecule is Cc1ccc(OCC(=O)N2CCCc3cc(C)ccc32)cc1. The number of benzene rings is 2. The monoisotopic (exact) mass is 295 g/mol. The van der Waals surface area contributed by atoms with Crippen LogP contribution in [0.1, 0.15) is 23.1 Å². The van der Waals surface area contributed by atoms with Gasteiger partial charge >= 0.3 is 0 Å². The third-order valence-electron chi connectivity index (χ3n) is 4.04. The Hall–Kier alpha value is -2.29. The minimum atomic E-state index is 0.0189. The zero-order chi connectivity index (χ0) is 15.5. The van der Waals surface area contributed by atoms with Gasteiger partial charge in [-0.05, 0) is 50.5 Å². The molecule has 0 N–H and O–H groups in total. The van der Waals surface area contributed by atoms with Crippen LogP contribution in [0.5, 0.6) is 5.75 Å². The van der Waals surface area contributed by atoms with Gasteiger partial charge in [0, 0.05) is 12.2 Å². The highest BCUT2D eigenvalue weighted by molar-refractivity contribution is 5.95. The van der Waals surface area contributed by atoms with Gasteiger partial charge in [0.2, 0.25) is 0 Å². The van der Waals surface area contributed by atoms with Crippen LogP contribution in [0.2, 0.25) is 0 Å². The summed E-state index contributed by atoms with van der Waals surface area (Å²) in [6, 6.07) is 14.1. The summed E-state index contributed by atoms with van der Waals surface area (Å²) in [4.78, 5) is 14.3. The van der Waals surface area contributed by atoms with Gasteiger partial charge in [-0.2, -0.15) is 0 Å². The maximum atomic E-state index is 12.5. The molecule has 1 aliphatic rings. The second kappa shape index (κ2) is 6.22. The van der Waals surface area contributed by atoms with Crippen molar-refractivity contribution in [3.63, 3.8) is 0 Å². The van der Waals surface area contributed by atoms with Crippen molar-refractivity contribution >= 4 is 11.6 Å². The van der Waals surface area contributed by atoms with Crippen molar-refractivity contribution in [2.45, 2.75) is 26.7 Å². The molecule has 0 aliphatic carbocycles. The zero-order valence-electron chi connectivity index (χ0n) is 13.1. The molecule has 0 saturated heterocycles. The largest absolute Gasteiger partial charge is 0.484 e. The number of ether oxygens (including phenoxy) is 1. The molecule has 0 atom stereocenters. The summed E-state index contributed by atoms with van der Waals surface area (Å²) in [7, 11) is 0. The lowest BCUT2D eigenvalue weighted by Gasteiger charge is -2.29. The van der Waals surface area contributed by atoms with Gasteiger partial charge in [-0.3, -0.25) is 4.79 Å². The van der Waals surface area contributed by atoms with Crippen LogP contribution >= 0.6 is 0 Å². The number of hydrogen-bond donors (Lipinski definition) is 0. The molecule has 3 heteroatoms. The van der Waals surface area contributed by atoms with E-state index in [1.165, 1.54) is 16.7 Å². The van der Waals surface area contributed by atoms with Gasteiger partial charge in [0.05, 0.1) is 0 Å². The molecule has 114 valence electrons. The Kier molecular flexibility index (Phi) is 4.14. The van der Waals surface area contributed by atoms with Gasteiger partial charge in [0.25, 0.3) is 5.91 Å². The van der Waals surface area contributed by atoms with Crippen LogP contribution < -0.4 is 9.64 Å². The molecular formula is C19H21NO2. The highest BCUT2D eigenvalue weighted by Crippen LogP contribution is 2.28. The third kappa shape index (κ3) is 3.14. The third-order valence-corrected chi connectivity index (χ3v) is 4.04. The number of fused-ring (bicyclic) bond motifs is 1. The molecule has 2 aromatic rings. The number of anilines is 1. The number of carbonyl (C=O) groups excluding carboxylic acids is 1. The fourth-order valence-electron chi connectivity index (χ4n) is 2.84. The van der Waals surface area contributed by atoms with E-state index in [9.17, 15) is 4.79 Å². The van der Waals surface area contributed by atoms with E-state index in [0.29, 0.717) is 0 Å². The van der Waals surface area contributed by atoms with Crippen molar-refractivity contribution in [2.75, 3.05) is 18.1 Å². The predicted octanol–water partition coefficient (Wildman–Crippen LogP) is 3.66. The molecule has 3 nitrogen and oxygen atoms in total. The Labute approximate surface area is 131 Å². The number of aryl methyl sites for hydroxylation is 3. The molecule has 3 rings (SSSR count). The quantitative estimate of drug-likeness (QED) is 0.865. The first-order valence-electron chi connectivity index (χ1n) is 7.73. The molecule has 22 heavy (non-hydrogen) atoms. The lowest BCUT2D eigenvalue weighted by atomic mass is 9.99. The second-order valence-electron chi connectivity index (χ2n) is 5.88. The molecule has 0 bridgehead atoms. The molecule has 0 aromatic heterocycles. The molecule has 0 fully saturated rings. The smallest absolute Gasteiger partial charge is 0.264 e. The van der Waals surface area contributed by atoms with Gasteiger partial charge in [-0.1, -0.05) is 35.4 Å². The van der Waals surface area contributed by atoms with Crippen molar-refractivity contribution in [2.24, 2.45) is 0 Å². The highest BCUT2D eigenvalue weighted by atomic mass is 16.5. The van der Waals surface area contributed by atoms with Gasteiger partial charge in [0.15, 0.2) is 6.61 Å². The summed E-state index contributed by atoms with van der Waals surface area (Å²) in [5, 5.41) is 0. The van der Waals surface area contributed by atoms with E-state index in [2.05, 4.69) is 19.1 Å². The highest BCUT2D eigenvalue weighted by Gasteiger charge is 2.22. The average molecular weight is 295 g/mol. The molecule has 1 aliphatic heterocycles. The van der Waals surface area contributed by atoms with Crippen molar-refractivity contribution in [3.05, 3.63) is 59.2 Å². The lowest BCUT2D eigenvalue weighted by molar-refractivity contribution is -0.120. The van der Waals surface area contributed by atoms with Crippen molar-refractivity contribution < 1.29 is 9.53 Å². The Morgan fingerprint density at radius 1 is 1.09 bits per heavy atom. The minimum absolute atomic E-state index is 0.0189. The van der Waals surface area contributed by atoms with Crippen LogP contribution in [0.25, 0.3) is 0 Å². The molecule has 1 amide bonds. The standard InChI is InChI=1S/C19H21NO2/c1-14-5-8-17(9-6-14)22-13-19(21)20-11-3-4-16-12-15(2)7-10-18(16)20/h5-10,12H,3-4,11,13H2,1-2H3. The van der Waals surface area contributed by atoms with Crippen molar-refractivity contribution in [3.8, 4) is 5.75 Å². The molecule has 2 aromatic carbocycles. The number of carbonyl (C=O) groups is 1. The normalized spacial score (nSPS) is 13.6. The first-order valence-corrected chi connectivity index (χ1v) is 7.73. The van der Waals surface area contributed by atoms with E-state index in [1.807, 2.05) is 42.2 Å². The van der Waals surface area contributed by atoms with E-state index in [0.717, 1.165) is 30.8 Å². The van der Waals surface area contributed by atoms with E-state index in [-0.39, 0.29) is 12.5 Å². The van der Waals surface area contributed by atoms with Crippen molar-refractivity contribution in [1.82, 2.24) is 0 Å². The van der Waals surface area contributed by atoms with E-state index in [4.69, 9.17) is 4.74 Å². The first-order chi connectivity index (χ1) is 10.6. The fourth-order valence-corrected chi connectivity index (χ4v) is 2.84. The lowest BCUT2D eigenvalue weighted by Crippen LogP contribution is -2.38. The summed E-state index contributed by atoms with van der Waals surface area (Å²) in [5.41, 5.74) is 4.72. The van der Waals surface area contributed by atoms with E-state index >= 15 is 0 Å². The summed E-state index contributed by atoms with van der Waals surface area (Å²) >= 11 is 0. The van der Waals surface area contributed by atoms with Gasteiger partial charge < -0.3 is 9.64 Å². The number of nitrogens with zero attached hydrogens (tertiary/aromatic N) is 1. The topological polar surface area (TPSA) is 29.5 Å². The Morgan fingerprint density at radius 2 is 1.82 bits per heavy atom. The Balaban J connectivity index is 1.70. The minimum Gasteiger partial charge on any atom is -0.484 e. The molecule has 0 radical (unpaired) electrons. The number of hydrogen-bond acceptors (Lipinski definition) is 2. The first kappa shape index (κ1) is 14.6. The molecule has 0 unspecified atom stereocenters. The molecule has 0 saturated carbocycles. The van der Waals surface area contributed by atoms with Gasteiger partial charge in [-0.25, -0.2) is 0 Å². The molecule has 1 heterocycles. The van der Waals surface area contributed by atoms with E-state index in [1.54, 1.807) is 0 Å². The molecular weight excluding hydrogens is 274 g/mol. The Morgan fingerprint density at radius 3 is 2.59 bits per heavy atom. The summed E-state index contributed by atoms with van der Waals surface area (Å²) < 4.78 is 5.62. The van der Waals surface area contributed by atoms with Crippen LogP contribution in [0, 0.1) is 13.8 Å². The van der Waals surface area contributed by atoms with Crippen LogP contribution in [0.4, 0.5) is 5.69 Å². The zero-order valence-corrected chi connectivity index (χ0v) is 13.1. The molecule has 0 spiro atoms. The Bertz CT molecular complexity index is 676. The predicted molar refractivity (Wildman–Crippen MR) is 88.5 cm³/mol. The van der Waals surface area contributed by atoms with E-state index < -0.39 is 0 Å². The van der Waals surface area contributed by atoms with Crippen LogP contribution in [0.15, 0.2) is 42.5 Å². The maximum Gasteiger partial charge on any atom is 0.264 e. The average Bonchev–Trinajstić information content (AvgIpc) is 2.53. The summed E-state index contributed by atoms with van der Waals surface area (Å²) in [5.74, 6) is 0.755. The van der Waals surface area contributed by atoms with Gasteiger partial charge in [-0.15, -0.1) is 0 Å². The second-order valence-corrected chi connectivity index (χ2v) is 5.88. The van der Waals surface area contributed by atoms with Gasteiger partial charge in [0.1, 0.15) is 5.75 Å². The maximum absolute atomic E-state index is 12.5. The number of amides is 1. The summed E-state index contributed by atoms with van der Waals surface area (Å²) in [6.45, 7) is 4.96. The number of rotatable bonds is 3. The van der Waals surface area contributed by atoms with Crippen molar-refractivity contribution in [1.29, 1.82) is 0 Å². The van der Waals surface area contributed by atoms with Crippen LogP contribution in [-0.4, -0.2) is 19.1 Å². The van der Waals surface area contributed by atoms with Crippen LogP contribution in [-0.2, 0) is 11.2 Å². The van der Waals surface area contributed by atoms with Crippen LogP contribution in [0.3, 0.4) is 0 Å². The summed E-state index contributed by atoms with van der Waals surface area (Å²) in [6.07, 6.45) is 2.05. The fraction of sp³-hybridized carbons (Fsp3) is 0.316.